The Hall–Kier alpha value is -3.35. The maximum Gasteiger partial charge on any atom is 0.336 e. The van der Waals surface area contributed by atoms with Gasteiger partial charge in [0.2, 0.25) is 0 Å². The zero-order chi connectivity index (χ0) is 27.1. The molecule has 11 nitrogen and oxygen atoms in total. The number of aryl methyl sites for hydroxylation is 1. The van der Waals surface area contributed by atoms with Crippen molar-refractivity contribution in [1.29, 1.82) is 0 Å². The van der Waals surface area contributed by atoms with Gasteiger partial charge in [0.15, 0.2) is 5.60 Å². The van der Waals surface area contributed by atoms with Crippen molar-refractivity contribution in [3.8, 4) is 0 Å². The fourth-order valence-corrected chi connectivity index (χ4v) is 4.02. The first-order chi connectivity index (χ1) is 16.8. The predicted octanol–water partition coefficient (Wildman–Crippen LogP) is 1.49. The number of halogens is 1. The summed E-state index contributed by atoms with van der Waals surface area (Å²) in [6.45, 7) is 4.61. The van der Waals surface area contributed by atoms with Crippen molar-refractivity contribution in [3.63, 3.8) is 0 Å². The van der Waals surface area contributed by atoms with Crippen molar-refractivity contribution < 1.29 is 44.3 Å². The van der Waals surface area contributed by atoms with Gasteiger partial charge in [0.05, 0.1) is 24.1 Å². The van der Waals surface area contributed by atoms with Crippen molar-refractivity contribution in [3.05, 3.63) is 53.4 Å². The third-order valence-electron chi connectivity index (χ3n) is 6.28. The van der Waals surface area contributed by atoms with Crippen molar-refractivity contribution in [2.75, 3.05) is 13.1 Å². The lowest BCUT2D eigenvalue weighted by atomic mass is 9.87. The van der Waals surface area contributed by atoms with Gasteiger partial charge >= 0.3 is 17.9 Å². The third-order valence-corrected chi connectivity index (χ3v) is 6.28. The molecule has 0 aliphatic carbocycles. The van der Waals surface area contributed by atoms with Crippen LogP contribution in [-0.4, -0.2) is 76.6 Å². The molecule has 198 valence electrons. The molecule has 0 radical (unpaired) electrons. The van der Waals surface area contributed by atoms with E-state index in [0.29, 0.717) is 12.8 Å². The van der Waals surface area contributed by atoms with Gasteiger partial charge in [-0.2, -0.15) is 0 Å². The number of aromatic nitrogens is 2. The Morgan fingerprint density at radius 1 is 1.06 bits per heavy atom. The van der Waals surface area contributed by atoms with Gasteiger partial charge in [-0.15, -0.1) is 0 Å². The Bertz CT molecular complexity index is 1060. The highest BCUT2D eigenvalue weighted by molar-refractivity contribution is 5.88. The minimum Gasteiger partial charge on any atom is -0.481 e. The largest absolute Gasteiger partial charge is 0.481 e. The average Bonchev–Trinajstić information content (AvgIpc) is 2.97. The van der Waals surface area contributed by atoms with Crippen LogP contribution in [0.2, 0.25) is 0 Å². The molecule has 1 unspecified atom stereocenters. The SMILES string of the molecule is Cc1ncc(CN2CCCC(O)(c3ccc(F)cc3)CC2)n1C.O=C(O)CC(O)(CC(=O)O)C(=O)O. The lowest BCUT2D eigenvalue weighted by Crippen LogP contribution is -2.42. The highest BCUT2D eigenvalue weighted by Crippen LogP contribution is 2.33. The monoisotopic (exact) mass is 509 g/mol. The molecule has 0 spiro atoms. The van der Waals surface area contributed by atoms with E-state index in [1.807, 2.05) is 20.2 Å². The van der Waals surface area contributed by atoms with Crippen molar-refractivity contribution in [1.82, 2.24) is 14.5 Å². The summed E-state index contributed by atoms with van der Waals surface area (Å²) in [5.41, 5.74) is -1.59. The lowest BCUT2D eigenvalue weighted by Gasteiger charge is -2.27. The number of likely N-dealkylation sites (tertiary alicyclic amines) is 1. The van der Waals surface area contributed by atoms with Crippen molar-refractivity contribution >= 4 is 17.9 Å². The van der Waals surface area contributed by atoms with Crippen LogP contribution in [0.4, 0.5) is 4.39 Å². The van der Waals surface area contributed by atoms with E-state index in [1.165, 1.54) is 17.8 Å². The second-order valence-electron chi connectivity index (χ2n) is 9.00. The van der Waals surface area contributed by atoms with E-state index in [1.54, 1.807) is 12.1 Å². The van der Waals surface area contributed by atoms with E-state index < -0.39 is 42.0 Å². The Balaban J connectivity index is 0.000000302. The minimum atomic E-state index is -2.74. The van der Waals surface area contributed by atoms with E-state index >= 15 is 0 Å². The number of benzene rings is 1. The number of hydrogen-bond donors (Lipinski definition) is 5. The molecule has 1 atom stereocenters. The van der Waals surface area contributed by atoms with Crippen LogP contribution in [0, 0.1) is 12.7 Å². The molecule has 12 heteroatoms. The Morgan fingerprint density at radius 2 is 1.64 bits per heavy atom. The fourth-order valence-electron chi connectivity index (χ4n) is 4.02. The highest BCUT2D eigenvalue weighted by Gasteiger charge is 2.40. The van der Waals surface area contributed by atoms with Gasteiger partial charge in [0.1, 0.15) is 11.6 Å². The van der Waals surface area contributed by atoms with Crippen LogP contribution in [-0.2, 0) is 33.6 Å². The molecule has 1 fully saturated rings. The van der Waals surface area contributed by atoms with Gasteiger partial charge in [-0.3, -0.25) is 14.5 Å². The number of carboxylic acids is 3. The van der Waals surface area contributed by atoms with Crippen LogP contribution in [0.15, 0.2) is 30.5 Å². The predicted molar refractivity (Wildman–Crippen MR) is 124 cm³/mol. The summed E-state index contributed by atoms with van der Waals surface area (Å²) in [5.74, 6) is -4.27. The van der Waals surface area contributed by atoms with Crippen LogP contribution in [0.25, 0.3) is 0 Å². The summed E-state index contributed by atoms with van der Waals surface area (Å²) in [6.07, 6.45) is 1.93. The van der Waals surface area contributed by atoms with Crippen LogP contribution in [0.3, 0.4) is 0 Å². The number of carbonyl (C=O) groups is 3. The second-order valence-corrected chi connectivity index (χ2v) is 9.00. The number of nitrogens with zero attached hydrogens (tertiary/aromatic N) is 3. The van der Waals surface area contributed by atoms with Crippen molar-refractivity contribution in [2.45, 2.75) is 56.8 Å². The van der Waals surface area contributed by atoms with E-state index in [2.05, 4.69) is 14.5 Å². The van der Waals surface area contributed by atoms with E-state index in [4.69, 9.17) is 20.4 Å². The zero-order valence-corrected chi connectivity index (χ0v) is 20.2. The lowest BCUT2D eigenvalue weighted by molar-refractivity contribution is -0.170. The highest BCUT2D eigenvalue weighted by atomic mass is 19.1. The molecular weight excluding hydrogens is 477 g/mol. The maximum absolute atomic E-state index is 13.1. The summed E-state index contributed by atoms with van der Waals surface area (Å²) in [4.78, 5) is 37.2. The smallest absolute Gasteiger partial charge is 0.336 e. The number of aliphatic carboxylic acids is 3. The molecule has 1 aromatic carbocycles. The van der Waals surface area contributed by atoms with Crippen LogP contribution in [0.5, 0.6) is 0 Å². The fraction of sp³-hybridized carbons (Fsp3) is 0.500. The molecule has 1 aromatic heterocycles. The topological polar surface area (TPSA) is 173 Å². The Kier molecular flexibility index (Phi) is 9.68. The molecule has 1 aliphatic heterocycles. The number of carboxylic acid groups (broad SMARTS) is 3. The standard InChI is InChI=1S/C18H24FN3O.C6H8O7/c1-14-20-12-17(21(14)2)13-22-10-3-8-18(23,9-11-22)15-4-6-16(19)7-5-15;7-3(8)1-6(13,5(11)12)2-4(9)10/h4-7,12,23H,3,8-11,13H2,1-2H3;13H,1-2H2,(H,7,8)(H,9,10)(H,11,12). The molecule has 2 heterocycles. The second kappa shape index (κ2) is 12.1. The van der Waals surface area contributed by atoms with Gasteiger partial charge in [-0.1, -0.05) is 12.1 Å². The summed E-state index contributed by atoms with van der Waals surface area (Å²) in [7, 11) is 2.03. The quantitative estimate of drug-likeness (QED) is 0.351. The number of hydrogen-bond acceptors (Lipinski definition) is 7. The van der Waals surface area contributed by atoms with Gasteiger partial charge in [-0.25, -0.2) is 14.2 Å². The van der Waals surface area contributed by atoms with E-state index in [0.717, 1.165) is 37.4 Å². The number of aliphatic hydroxyl groups is 2. The third kappa shape index (κ3) is 7.83. The Morgan fingerprint density at radius 3 is 2.11 bits per heavy atom. The van der Waals surface area contributed by atoms with Gasteiger partial charge in [0.25, 0.3) is 0 Å². The van der Waals surface area contributed by atoms with Crippen LogP contribution in [0.1, 0.15) is 49.2 Å². The van der Waals surface area contributed by atoms with Gasteiger partial charge in [0, 0.05) is 26.3 Å². The summed E-state index contributed by atoms with van der Waals surface area (Å²) < 4.78 is 15.2. The van der Waals surface area contributed by atoms with Gasteiger partial charge < -0.3 is 30.1 Å². The number of imidazole rings is 1. The molecule has 2 aromatic rings. The minimum absolute atomic E-state index is 0.265. The van der Waals surface area contributed by atoms with E-state index in [-0.39, 0.29) is 5.82 Å². The first-order valence-corrected chi connectivity index (χ1v) is 11.3. The van der Waals surface area contributed by atoms with Gasteiger partial charge in [-0.05, 0) is 50.4 Å². The normalized spacial score (nSPS) is 18.6. The first kappa shape index (κ1) is 28.9. The maximum atomic E-state index is 13.1. The van der Waals surface area contributed by atoms with E-state index in [9.17, 15) is 23.9 Å². The van der Waals surface area contributed by atoms with Crippen LogP contribution >= 0.6 is 0 Å². The molecule has 0 bridgehead atoms. The van der Waals surface area contributed by atoms with Crippen molar-refractivity contribution in [2.24, 2.45) is 7.05 Å². The molecular formula is C24H32FN3O8. The molecule has 0 saturated carbocycles. The van der Waals surface area contributed by atoms with Crippen LogP contribution < -0.4 is 0 Å². The molecule has 1 aliphatic rings. The zero-order valence-electron chi connectivity index (χ0n) is 20.2. The number of rotatable bonds is 8. The first-order valence-electron chi connectivity index (χ1n) is 11.3. The molecule has 0 amide bonds. The molecule has 1 saturated heterocycles. The average molecular weight is 510 g/mol. The molecule has 5 N–H and O–H groups in total. The summed E-state index contributed by atoms with van der Waals surface area (Å²) in [5, 5.41) is 44.8. The molecule has 36 heavy (non-hydrogen) atoms. The summed E-state index contributed by atoms with van der Waals surface area (Å²) >= 11 is 0. The Labute approximate surface area is 207 Å². The molecule has 3 rings (SSSR count). The summed E-state index contributed by atoms with van der Waals surface area (Å²) in [6, 6.07) is 6.26.